The minimum atomic E-state index is 0.687. The molecule has 0 bridgehead atoms. The Morgan fingerprint density at radius 3 is 2.70 bits per heavy atom. The zero-order valence-corrected chi connectivity index (χ0v) is 13.5. The van der Waals surface area contributed by atoms with Crippen LogP contribution < -0.4 is 10.2 Å². The molecule has 2 unspecified atom stereocenters. The lowest BCUT2D eigenvalue weighted by Crippen LogP contribution is -2.39. The van der Waals surface area contributed by atoms with Crippen molar-refractivity contribution < 1.29 is 0 Å². The summed E-state index contributed by atoms with van der Waals surface area (Å²) in [7, 11) is 0. The lowest BCUT2D eigenvalue weighted by Gasteiger charge is -2.36. The van der Waals surface area contributed by atoms with E-state index in [-0.39, 0.29) is 0 Å². The molecule has 0 amide bonds. The van der Waals surface area contributed by atoms with Gasteiger partial charge >= 0.3 is 0 Å². The third kappa shape index (κ3) is 4.24. The fourth-order valence-corrected chi connectivity index (χ4v) is 3.14. The third-order valence-corrected chi connectivity index (χ3v) is 4.01. The van der Waals surface area contributed by atoms with Crippen LogP contribution >= 0.6 is 0 Å². The van der Waals surface area contributed by atoms with Gasteiger partial charge in [0.05, 0.1) is 0 Å². The van der Waals surface area contributed by atoms with E-state index in [0.717, 1.165) is 31.5 Å². The standard InChI is InChI=1S/C18H30N2/c1-14(2)10-19-11-16(4)13-20-12-15(3)9-17-7-5-6-8-18(17)20/h5-8,14-16,19H,9-13H2,1-4H3. The van der Waals surface area contributed by atoms with Gasteiger partial charge in [0.1, 0.15) is 0 Å². The number of benzene rings is 1. The SMILES string of the molecule is CC(C)CNCC(C)CN1CC(C)Cc2ccccc21. The first-order valence-electron chi connectivity index (χ1n) is 8.09. The van der Waals surface area contributed by atoms with Crippen molar-refractivity contribution in [3.63, 3.8) is 0 Å². The summed E-state index contributed by atoms with van der Waals surface area (Å²) in [6.07, 6.45) is 1.23. The van der Waals surface area contributed by atoms with E-state index in [9.17, 15) is 0 Å². The van der Waals surface area contributed by atoms with Crippen LogP contribution in [0.2, 0.25) is 0 Å². The van der Waals surface area contributed by atoms with Crippen LogP contribution in [0.1, 0.15) is 33.3 Å². The van der Waals surface area contributed by atoms with Crippen molar-refractivity contribution in [2.24, 2.45) is 17.8 Å². The molecule has 1 heterocycles. The van der Waals surface area contributed by atoms with Crippen molar-refractivity contribution >= 4 is 5.69 Å². The molecule has 0 saturated heterocycles. The van der Waals surface area contributed by atoms with Gasteiger partial charge in [0.25, 0.3) is 0 Å². The van der Waals surface area contributed by atoms with E-state index in [1.54, 1.807) is 0 Å². The van der Waals surface area contributed by atoms with Gasteiger partial charge in [0, 0.05) is 18.8 Å². The molecule has 0 aliphatic carbocycles. The minimum Gasteiger partial charge on any atom is -0.371 e. The highest BCUT2D eigenvalue weighted by molar-refractivity contribution is 5.55. The fourth-order valence-electron chi connectivity index (χ4n) is 3.14. The zero-order valence-electron chi connectivity index (χ0n) is 13.5. The van der Waals surface area contributed by atoms with Crippen LogP contribution in [0.4, 0.5) is 5.69 Å². The van der Waals surface area contributed by atoms with Crippen molar-refractivity contribution in [3.05, 3.63) is 29.8 Å². The molecule has 2 rings (SSSR count). The molecule has 2 heteroatoms. The molecule has 20 heavy (non-hydrogen) atoms. The van der Waals surface area contributed by atoms with Crippen molar-refractivity contribution in [3.8, 4) is 0 Å². The molecule has 2 nitrogen and oxygen atoms in total. The van der Waals surface area contributed by atoms with Crippen LogP contribution in [0.15, 0.2) is 24.3 Å². The number of hydrogen-bond donors (Lipinski definition) is 1. The Morgan fingerprint density at radius 1 is 1.20 bits per heavy atom. The van der Waals surface area contributed by atoms with Gasteiger partial charge in [0.15, 0.2) is 0 Å². The number of hydrogen-bond acceptors (Lipinski definition) is 2. The summed E-state index contributed by atoms with van der Waals surface area (Å²) in [5.41, 5.74) is 2.98. The largest absolute Gasteiger partial charge is 0.371 e. The topological polar surface area (TPSA) is 15.3 Å². The number of fused-ring (bicyclic) bond motifs is 1. The number of nitrogens with zero attached hydrogens (tertiary/aromatic N) is 1. The maximum atomic E-state index is 3.58. The molecule has 1 aliphatic heterocycles. The smallest absolute Gasteiger partial charge is 0.0399 e. The van der Waals surface area contributed by atoms with Gasteiger partial charge in [0.2, 0.25) is 0 Å². The predicted octanol–water partition coefficient (Wildman–Crippen LogP) is 3.57. The van der Waals surface area contributed by atoms with E-state index in [0.29, 0.717) is 5.92 Å². The summed E-state index contributed by atoms with van der Waals surface area (Å²) >= 11 is 0. The number of rotatable bonds is 6. The molecular weight excluding hydrogens is 244 g/mol. The molecule has 0 radical (unpaired) electrons. The normalized spacial score (nSPS) is 20.1. The highest BCUT2D eigenvalue weighted by Crippen LogP contribution is 2.29. The van der Waals surface area contributed by atoms with E-state index >= 15 is 0 Å². The summed E-state index contributed by atoms with van der Waals surface area (Å²) in [6, 6.07) is 8.92. The molecule has 2 atom stereocenters. The Bertz CT molecular complexity index is 414. The highest BCUT2D eigenvalue weighted by Gasteiger charge is 2.22. The Kier molecular flexibility index (Phi) is 5.47. The monoisotopic (exact) mass is 274 g/mol. The zero-order chi connectivity index (χ0) is 14.5. The number of anilines is 1. The Hall–Kier alpha value is -1.02. The highest BCUT2D eigenvalue weighted by atomic mass is 15.1. The summed E-state index contributed by atoms with van der Waals surface area (Å²) < 4.78 is 0. The maximum absolute atomic E-state index is 3.58. The molecule has 1 N–H and O–H groups in total. The number of para-hydroxylation sites is 1. The molecule has 1 aliphatic rings. The number of nitrogens with one attached hydrogen (secondary N) is 1. The first kappa shape index (κ1) is 15.4. The van der Waals surface area contributed by atoms with Crippen molar-refractivity contribution in [1.82, 2.24) is 5.32 Å². The van der Waals surface area contributed by atoms with E-state index in [1.807, 2.05) is 0 Å². The van der Waals surface area contributed by atoms with E-state index in [1.165, 1.54) is 24.2 Å². The summed E-state index contributed by atoms with van der Waals surface area (Å²) in [6.45, 7) is 13.8. The van der Waals surface area contributed by atoms with Crippen molar-refractivity contribution in [2.45, 2.75) is 34.1 Å². The summed E-state index contributed by atoms with van der Waals surface area (Å²) in [5, 5.41) is 3.58. The van der Waals surface area contributed by atoms with Crippen LogP contribution in [0, 0.1) is 17.8 Å². The van der Waals surface area contributed by atoms with Gasteiger partial charge in [-0.15, -0.1) is 0 Å². The van der Waals surface area contributed by atoms with E-state index < -0.39 is 0 Å². The van der Waals surface area contributed by atoms with Crippen LogP contribution in [-0.2, 0) is 6.42 Å². The van der Waals surface area contributed by atoms with Crippen molar-refractivity contribution in [1.29, 1.82) is 0 Å². The molecular formula is C18H30N2. The third-order valence-electron chi connectivity index (χ3n) is 4.01. The van der Waals surface area contributed by atoms with Crippen LogP contribution in [-0.4, -0.2) is 26.2 Å². The van der Waals surface area contributed by atoms with Crippen molar-refractivity contribution in [2.75, 3.05) is 31.1 Å². The first-order valence-corrected chi connectivity index (χ1v) is 8.09. The van der Waals surface area contributed by atoms with E-state index in [2.05, 4.69) is 62.2 Å². The fraction of sp³-hybridized carbons (Fsp3) is 0.667. The van der Waals surface area contributed by atoms with Gasteiger partial charge in [-0.25, -0.2) is 0 Å². The van der Waals surface area contributed by atoms with Crippen LogP contribution in [0.25, 0.3) is 0 Å². The summed E-state index contributed by atoms with van der Waals surface area (Å²) in [5.74, 6) is 2.19. The molecule has 0 aromatic heterocycles. The molecule has 0 fully saturated rings. The van der Waals surface area contributed by atoms with Gasteiger partial charge in [-0.2, -0.15) is 0 Å². The summed E-state index contributed by atoms with van der Waals surface area (Å²) in [4.78, 5) is 2.59. The van der Waals surface area contributed by atoms with Gasteiger partial charge in [-0.3, -0.25) is 0 Å². The maximum Gasteiger partial charge on any atom is 0.0399 e. The predicted molar refractivity (Wildman–Crippen MR) is 88.4 cm³/mol. The van der Waals surface area contributed by atoms with Crippen LogP contribution in [0.5, 0.6) is 0 Å². The lowest BCUT2D eigenvalue weighted by atomic mass is 9.93. The average Bonchev–Trinajstić information content (AvgIpc) is 2.38. The Balaban J connectivity index is 1.92. The second-order valence-electron chi connectivity index (χ2n) is 7.00. The van der Waals surface area contributed by atoms with Gasteiger partial charge in [-0.05, 0) is 48.9 Å². The van der Waals surface area contributed by atoms with Gasteiger partial charge in [-0.1, -0.05) is 45.9 Å². The van der Waals surface area contributed by atoms with E-state index in [4.69, 9.17) is 0 Å². The second-order valence-corrected chi connectivity index (χ2v) is 7.00. The molecule has 1 aromatic rings. The second kappa shape index (κ2) is 7.12. The Labute approximate surface area is 124 Å². The Morgan fingerprint density at radius 2 is 1.95 bits per heavy atom. The molecule has 0 spiro atoms. The lowest BCUT2D eigenvalue weighted by molar-refractivity contribution is 0.447. The first-order chi connectivity index (χ1) is 9.56. The quantitative estimate of drug-likeness (QED) is 0.853. The molecule has 1 aromatic carbocycles. The minimum absolute atomic E-state index is 0.687. The molecule has 112 valence electrons. The molecule has 0 saturated carbocycles. The van der Waals surface area contributed by atoms with Crippen LogP contribution in [0.3, 0.4) is 0 Å². The average molecular weight is 274 g/mol. The van der Waals surface area contributed by atoms with Gasteiger partial charge < -0.3 is 10.2 Å².